The zero-order valence-corrected chi connectivity index (χ0v) is 12.7. The first-order chi connectivity index (χ1) is 9.39. The van der Waals surface area contributed by atoms with Crippen LogP contribution in [0.2, 0.25) is 0 Å². The van der Waals surface area contributed by atoms with Crippen molar-refractivity contribution in [3.63, 3.8) is 0 Å². The fraction of sp³-hybridized carbons (Fsp3) is 0.429. The van der Waals surface area contributed by atoms with Crippen LogP contribution in [-0.4, -0.2) is 20.8 Å². The molecule has 0 aromatic heterocycles. The van der Waals surface area contributed by atoms with Crippen LogP contribution in [0.15, 0.2) is 40.2 Å². The maximum absolute atomic E-state index is 12.3. The smallest absolute Gasteiger partial charge is 0.262 e. The van der Waals surface area contributed by atoms with Crippen molar-refractivity contribution < 1.29 is 8.42 Å². The van der Waals surface area contributed by atoms with Crippen LogP contribution in [0.3, 0.4) is 0 Å². The van der Waals surface area contributed by atoms with E-state index >= 15 is 0 Å². The van der Waals surface area contributed by atoms with Crippen LogP contribution in [0.4, 0.5) is 0 Å². The predicted molar refractivity (Wildman–Crippen MR) is 78.8 cm³/mol. The van der Waals surface area contributed by atoms with Gasteiger partial charge in [0.05, 0.1) is 11.0 Å². The molecule has 0 saturated heterocycles. The zero-order chi connectivity index (χ0) is 15.2. The first-order valence-electron chi connectivity index (χ1n) is 6.43. The lowest BCUT2D eigenvalue weighted by Gasteiger charge is -2.23. The van der Waals surface area contributed by atoms with Crippen molar-refractivity contribution in [1.29, 1.82) is 5.26 Å². The van der Waals surface area contributed by atoms with E-state index in [4.69, 9.17) is 0 Å². The third-order valence-corrected chi connectivity index (χ3v) is 4.43. The van der Waals surface area contributed by atoms with Gasteiger partial charge in [0.2, 0.25) is 0 Å². The summed E-state index contributed by atoms with van der Waals surface area (Å²) >= 11 is 0. The van der Waals surface area contributed by atoms with Crippen LogP contribution < -0.4 is 4.72 Å². The molecule has 0 saturated carbocycles. The summed E-state index contributed by atoms with van der Waals surface area (Å²) < 4.78 is 27.0. The molecule has 0 bridgehead atoms. The van der Waals surface area contributed by atoms with E-state index in [1.54, 1.807) is 32.0 Å². The molecule has 1 aromatic carbocycles. The summed E-state index contributed by atoms with van der Waals surface area (Å²) in [5, 5.41) is 9.28. The van der Waals surface area contributed by atoms with E-state index in [0.717, 1.165) is 0 Å². The summed E-state index contributed by atoms with van der Waals surface area (Å²) in [5.74, 6) is 0.189. The number of hydrogen-bond donors (Lipinski definition) is 1. The van der Waals surface area contributed by atoms with Gasteiger partial charge in [0.25, 0.3) is 10.0 Å². The van der Waals surface area contributed by atoms with Gasteiger partial charge < -0.3 is 0 Å². The Labute approximate surface area is 120 Å². The maximum atomic E-state index is 12.3. The lowest BCUT2D eigenvalue weighted by Crippen LogP contribution is -2.41. The van der Waals surface area contributed by atoms with Crippen LogP contribution >= 0.6 is 0 Å². The highest BCUT2D eigenvalue weighted by atomic mass is 32.2. The molecular formula is C14H19N3O2S. The average Bonchev–Trinajstić information content (AvgIpc) is 2.46. The van der Waals surface area contributed by atoms with E-state index in [1.165, 1.54) is 12.1 Å². The van der Waals surface area contributed by atoms with Gasteiger partial charge in [-0.15, -0.1) is 0 Å². The van der Waals surface area contributed by atoms with Crippen molar-refractivity contribution >= 4 is 15.9 Å². The van der Waals surface area contributed by atoms with Gasteiger partial charge in [0.1, 0.15) is 11.3 Å². The van der Waals surface area contributed by atoms with E-state index in [-0.39, 0.29) is 10.7 Å². The predicted octanol–water partition coefficient (Wildman–Crippen LogP) is 2.32. The molecule has 1 unspecified atom stereocenters. The highest BCUT2D eigenvalue weighted by Gasteiger charge is 2.32. The molecule has 1 rings (SSSR count). The van der Waals surface area contributed by atoms with Crippen molar-refractivity contribution in [3.05, 3.63) is 30.3 Å². The third-order valence-electron chi connectivity index (χ3n) is 3.08. The number of hydrogen-bond acceptors (Lipinski definition) is 4. The number of aliphatic imine (C=N–C) groups is 1. The minimum atomic E-state index is -3.72. The lowest BCUT2D eigenvalue weighted by molar-refractivity contribution is 0.561. The van der Waals surface area contributed by atoms with Crippen LogP contribution in [0.5, 0.6) is 0 Å². The van der Waals surface area contributed by atoms with Crippen molar-refractivity contribution in [3.8, 4) is 6.07 Å². The SMILES string of the molecule is CC/N=C(/NS(=O)(=O)c1ccccc1)C(C)(C#N)CC. The Hall–Kier alpha value is -1.87. The molecule has 1 atom stereocenters. The van der Waals surface area contributed by atoms with Gasteiger partial charge in [-0.25, -0.2) is 8.42 Å². The van der Waals surface area contributed by atoms with E-state index < -0.39 is 15.4 Å². The minimum Gasteiger partial charge on any atom is -0.271 e. The Morgan fingerprint density at radius 1 is 1.35 bits per heavy atom. The number of rotatable bonds is 5. The second-order valence-electron chi connectivity index (χ2n) is 4.54. The molecule has 0 heterocycles. The fourth-order valence-electron chi connectivity index (χ4n) is 1.56. The Balaban J connectivity index is 3.17. The fourth-order valence-corrected chi connectivity index (χ4v) is 2.74. The molecular weight excluding hydrogens is 274 g/mol. The molecule has 0 spiro atoms. The summed E-state index contributed by atoms with van der Waals surface area (Å²) in [6.07, 6.45) is 0.472. The summed E-state index contributed by atoms with van der Waals surface area (Å²) in [5.41, 5.74) is -0.947. The Morgan fingerprint density at radius 3 is 2.40 bits per heavy atom. The second-order valence-corrected chi connectivity index (χ2v) is 6.22. The minimum absolute atomic E-state index is 0.153. The molecule has 0 aliphatic heterocycles. The first-order valence-corrected chi connectivity index (χ1v) is 7.92. The van der Waals surface area contributed by atoms with Crippen molar-refractivity contribution in [2.24, 2.45) is 10.4 Å². The van der Waals surface area contributed by atoms with Crippen LogP contribution in [0.25, 0.3) is 0 Å². The second kappa shape index (κ2) is 6.53. The summed E-state index contributed by atoms with van der Waals surface area (Å²) in [7, 11) is -3.72. The van der Waals surface area contributed by atoms with Gasteiger partial charge in [-0.3, -0.25) is 9.71 Å². The molecule has 20 heavy (non-hydrogen) atoms. The number of benzene rings is 1. The summed E-state index contributed by atoms with van der Waals surface area (Å²) in [4.78, 5) is 4.31. The highest BCUT2D eigenvalue weighted by Crippen LogP contribution is 2.22. The largest absolute Gasteiger partial charge is 0.271 e. The number of sulfonamides is 1. The quantitative estimate of drug-likeness (QED) is 0.668. The van der Waals surface area contributed by atoms with E-state index in [0.29, 0.717) is 13.0 Å². The molecule has 5 nitrogen and oxygen atoms in total. The molecule has 1 N–H and O–H groups in total. The maximum Gasteiger partial charge on any atom is 0.262 e. The van der Waals surface area contributed by atoms with E-state index in [1.807, 2.05) is 6.92 Å². The topological polar surface area (TPSA) is 82.3 Å². The Bertz CT molecular complexity index is 618. The van der Waals surface area contributed by atoms with Gasteiger partial charge in [-0.1, -0.05) is 25.1 Å². The standard InChI is InChI=1S/C14H19N3O2S/c1-4-14(3,11-15)13(16-5-2)17-20(18,19)12-9-7-6-8-10-12/h6-10H,4-5H2,1-3H3,(H,16,17). The van der Waals surface area contributed by atoms with Gasteiger partial charge >= 0.3 is 0 Å². The first kappa shape index (κ1) is 16.2. The van der Waals surface area contributed by atoms with Crippen LogP contribution in [-0.2, 0) is 10.0 Å². The third kappa shape index (κ3) is 3.58. The molecule has 0 radical (unpaired) electrons. The summed E-state index contributed by atoms with van der Waals surface area (Å²) in [6.45, 7) is 5.70. The lowest BCUT2D eigenvalue weighted by atomic mass is 9.88. The Kier molecular flexibility index (Phi) is 5.28. The number of amidine groups is 1. The molecule has 108 valence electrons. The van der Waals surface area contributed by atoms with Crippen molar-refractivity contribution in [1.82, 2.24) is 4.72 Å². The number of nitriles is 1. The van der Waals surface area contributed by atoms with Gasteiger partial charge in [-0.2, -0.15) is 5.26 Å². The molecule has 0 aliphatic rings. The normalized spacial score (nSPS) is 15.2. The zero-order valence-electron chi connectivity index (χ0n) is 11.9. The average molecular weight is 293 g/mol. The number of nitrogens with zero attached hydrogens (tertiary/aromatic N) is 2. The summed E-state index contributed by atoms with van der Waals surface area (Å²) in [6, 6.07) is 10.2. The Morgan fingerprint density at radius 2 is 1.95 bits per heavy atom. The van der Waals surface area contributed by atoms with Crippen molar-refractivity contribution in [2.75, 3.05) is 6.54 Å². The monoisotopic (exact) mass is 293 g/mol. The molecule has 6 heteroatoms. The van der Waals surface area contributed by atoms with Gasteiger partial charge in [0.15, 0.2) is 0 Å². The molecule has 0 fully saturated rings. The van der Waals surface area contributed by atoms with Crippen molar-refractivity contribution in [2.45, 2.75) is 32.1 Å². The molecule has 0 amide bonds. The van der Waals surface area contributed by atoms with Crippen LogP contribution in [0.1, 0.15) is 27.2 Å². The van der Waals surface area contributed by atoms with Gasteiger partial charge in [-0.05, 0) is 32.4 Å². The highest BCUT2D eigenvalue weighted by molar-refractivity contribution is 7.90. The number of nitrogens with one attached hydrogen (secondary N) is 1. The van der Waals surface area contributed by atoms with Crippen LogP contribution in [0, 0.1) is 16.7 Å². The molecule has 1 aromatic rings. The van der Waals surface area contributed by atoms with E-state index in [9.17, 15) is 13.7 Å². The van der Waals surface area contributed by atoms with Gasteiger partial charge in [0, 0.05) is 6.54 Å². The molecule has 0 aliphatic carbocycles. The van der Waals surface area contributed by atoms with E-state index in [2.05, 4.69) is 15.8 Å².